The molecular formula is C12H23N. The van der Waals surface area contributed by atoms with Crippen LogP contribution in [-0.4, -0.2) is 23.5 Å². The maximum atomic E-state index is 3.96. The van der Waals surface area contributed by atoms with E-state index >= 15 is 0 Å². The highest BCUT2D eigenvalue weighted by Crippen LogP contribution is 2.22. The normalized spacial score (nSPS) is 30.4. The van der Waals surface area contributed by atoms with Crippen molar-refractivity contribution in [1.29, 1.82) is 0 Å². The average Bonchev–Trinajstić information content (AvgIpc) is 2.03. The Morgan fingerprint density at radius 3 is 2.31 bits per heavy atom. The zero-order valence-electron chi connectivity index (χ0n) is 9.34. The molecular weight excluding hydrogens is 158 g/mol. The molecule has 1 rings (SSSR count). The van der Waals surface area contributed by atoms with Crippen LogP contribution in [-0.2, 0) is 0 Å². The number of hydrogen-bond donors (Lipinski definition) is 0. The smallest absolute Gasteiger partial charge is 0.00698 e. The lowest BCUT2D eigenvalue weighted by molar-refractivity contribution is 0.105. The van der Waals surface area contributed by atoms with Crippen LogP contribution in [0.2, 0.25) is 0 Å². The lowest BCUT2D eigenvalue weighted by Gasteiger charge is -2.39. The fourth-order valence-corrected chi connectivity index (χ4v) is 2.24. The molecule has 2 unspecified atom stereocenters. The van der Waals surface area contributed by atoms with Gasteiger partial charge >= 0.3 is 0 Å². The van der Waals surface area contributed by atoms with E-state index in [0.29, 0.717) is 0 Å². The van der Waals surface area contributed by atoms with Gasteiger partial charge in [0.05, 0.1) is 0 Å². The van der Waals surface area contributed by atoms with Crippen molar-refractivity contribution < 1.29 is 0 Å². The van der Waals surface area contributed by atoms with Gasteiger partial charge < -0.3 is 0 Å². The second-order valence-corrected chi connectivity index (χ2v) is 4.57. The lowest BCUT2D eigenvalue weighted by Crippen LogP contribution is -2.44. The second-order valence-electron chi connectivity index (χ2n) is 4.57. The Bertz CT molecular complexity index is 164. The van der Waals surface area contributed by atoms with Gasteiger partial charge in [0.2, 0.25) is 0 Å². The summed E-state index contributed by atoms with van der Waals surface area (Å²) in [5.74, 6) is 0. The molecule has 1 fully saturated rings. The van der Waals surface area contributed by atoms with E-state index in [4.69, 9.17) is 0 Å². The minimum absolute atomic E-state index is 0.781. The molecule has 0 aromatic carbocycles. The molecule has 1 nitrogen and oxygen atoms in total. The average molecular weight is 181 g/mol. The predicted octanol–water partition coefficient (Wildman–Crippen LogP) is 3.22. The molecule has 0 aromatic rings. The molecule has 76 valence electrons. The molecule has 0 radical (unpaired) electrons. The predicted molar refractivity (Wildman–Crippen MR) is 58.9 cm³/mol. The van der Waals surface area contributed by atoms with E-state index in [9.17, 15) is 0 Å². The topological polar surface area (TPSA) is 3.24 Å². The first-order valence-corrected chi connectivity index (χ1v) is 5.51. The number of likely N-dealkylation sites (tertiary alicyclic amines) is 1. The van der Waals surface area contributed by atoms with Gasteiger partial charge in [-0.15, -0.1) is 6.58 Å². The molecule has 0 aliphatic carbocycles. The Balaban J connectivity index is 2.39. The van der Waals surface area contributed by atoms with Crippen LogP contribution in [0, 0.1) is 0 Å². The molecule has 0 bridgehead atoms. The first-order valence-electron chi connectivity index (χ1n) is 5.51. The zero-order valence-corrected chi connectivity index (χ0v) is 9.34. The van der Waals surface area contributed by atoms with Crippen molar-refractivity contribution in [2.24, 2.45) is 0 Å². The molecule has 1 aliphatic heterocycles. The third kappa shape index (κ3) is 3.15. The molecule has 0 N–H and O–H groups in total. The summed E-state index contributed by atoms with van der Waals surface area (Å²) in [5, 5.41) is 0. The highest BCUT2D eigenvalue weighted by molar-refractivity contribution is 4.90. The monoisotopic (exact) mass is 181 g/mol. The van der Waals surface area contributed by atoms with Gasteiger partial charge in [0, 0.05) is 18.6 Å². The van der Waals surface area contributed by atoms with Crippen molar-refractivity contribution in [1.82, 2.24) is 4.90 Å². The van der Waals surface area contributed by atoms with Gasteiger partial charge in [0.15, 0.2) is 0 Å². The van der Waals surface area contributed by atoms with Crippen molar-refractivity contribution in [2.45, 2.75) is 58.5 Å². The summed E-state index contributed by atoms with van der Waals surface area (Å²) >= 11 is 0. The third-order valence-corrected chi connectivity index (χ3v) is 3.17. The van der Waals surface area contributed by atoms with Crippen LogP contribution in [0.4, 0.5) is 0 Å². The van der Waals surface area contributed by atoms with E-state index in [1.165, 1.54) is 31.4 Å². The lowest BCUT2D eigenvalue weighted by atomic mass is 9.97. The zero-order chi connectivity index (χ0) is 9.84. The second kappa shape index (κ2) is 4.80. The number of rotatable bonds is 3. The van der Waals surface area contributed by atoms with Crippen LogP contribution in [0.15, 0.2) is 12.2 Å². The molecule has 1 aliphatic rings. The van der Waals surface area contributed by atoms with Gasteiger partial charge in [0.1, 0.15) is 0 Å². The van der Waals surface area contributed by atoms with E-state index in [0.717, 1.165) is 18.5 Å². The van der Waals surface area contributed by atoms with Crippen LogP contribution >= 0.6 is 0 Å². The van der Waals surface area contributed by atoms with Gasteiger partial charge in [-0.25, -0.2) is 0 Å². The van der Waals surface area contributed by atoms with Crippen LogP contribution in [0.1, 0.15) is 46.5 Å². The standard InChI is InChI=1S/C12H23N/c1-10(2)8-9-13-11(3)6-5-7-12(13)4/h11-12H,1,5-9H2,2-4H3. The molecule has 0 saturated carbocycles. The summed E-state index contributed by atoms with van der Waals surface area (Å²) in [5.41, 5.74) is 1.31. The highest BCUT2D eigenvalue weighted by atomic mass is 15.2. The fourth-order valence-electron chi connectivity index (χ4n) is 2.24. The Morgan fingerprint density at radius 2 is 1.85 bits per heavy atom. The summed E-state index contributed by atoms with van der Waals surface area (Å²) in [6.45, 7) is 12.0. The summed E-state index contributed by atoms with van der Waals surface area (Å²) in [6.07, 6.45) is 5.32. The van der Waals surface area contributed by atoms with Gasteiger partial charge in [-0.1, -0.05) is 12.0 Å². The van der Waals surface area contributed by atoms with Crippen LogP contribution in [0.25, 0.3) is 0 Å². The Hall–Kier alpha value is -0.300. The van der Waals surface area contributed by atoms with Crippen molar-refractivity contribution in [2.75, 3.05) is 6.54 Å². The van der Waals surface area contributed by atoms with Crippen molar-refractivity contribution in [3.63, 3.8) is 0 Å². The Morgan fingerprint density at radius 1 is 1.31 bits per heavy atom. The molecule has 1 heterocycles. The van der Waals surface area contributed by atoms with Crippen LogP contribution in [0.3, 0.4) is 0 Å². The number of nitrogens with zero attached hydrogens (tertiary/aromatic N) is 1. The quantitative estimate of drug-likeness (QED) is 0.604. The van der Waals surface area contributed by atoms with Crippen LogP contribution in [0.5, 0.6) is 0 Å². The largest absolute Gasteiger partial charge is 0.298 e. The third-order valence-electron chi connectivity index (χ3n) is 3.17. The van der Waals surface area contributed by atoms with E-state index in [1.54, 1.807) is 0 Å². The minimum Gasteiger partial charge on any atom is -0.298 e. The maximum Gasteiger partial charge on any atom is 0.00698 e. The molecule has 0 aromatic heterocycles. The first-order chi connectivity index (χ1) is 6.11. The highest BCUT2D eigenvalue weighted by Gasteiger charge is 2.23. The molecule has 0 amide bonds. The van der Waals surface area contributed by atoms with E-state index in [1.807, 2.05) is 0 Å². The Kier molecular flexibility index (Phi) is 3.98. The van der Waals surface area contributed by atoms with Gasteiger partial charge in [-0.3, -0.25) is 4.90 Å². The molecule has 2 atom stereocenters. The Labute approximate surface area is 82.8 Å². The van der Waals surface area contributed by atoms with E-state index in [2.05, 4.69) is 32.3 Å². The molecule has 0 spiro atoms. The van der Waals surface area contributed by atoms with E-state index in [-0.39, 0.29) is 0 Å². The fraction of sp³-hybridized carbons (Fsp3) is 0.833. The summed E-state index contributed by atoms with van der Waals surface area (Å²) in [6, 6.07) is 1.56. The number of piperidine rings is 1. The number of hydrogen-bond acceptors (Lipinski definition) is 1. The van der Waals surface area contributed by atoms with Crippen molar-refractivity contribution in [3.05, 3.63) is 12.2 Å². The van der Waals surface area contributed by atoms with Gasteiger partial charge in [-0.2, -0.15) is 0 Å². The summed E-state index contributed by atoms with van der Waals surface area (Å²) in [4.78, 5) is 2.64. The SMILES string of the molecule is C=C(C)CCN1C(C)CCCC1C. The van der Waals surface area contributed by atoms with Crippen molar-refractivity contribution >= 4 is 0 Å². The van der Waals surface area contributed by atoms with E-state index < -0.39 is 0 Å². The van der Waals surface area contributed by atoms with Gasteiger partial charge in [-0.05, 0) is 40.0 Å². The molecule has 13 heavy (non-hydrogen) atoms. The molecule has 1 heteroatoms. The van der Waals surface area contributed by atoms with Gasteiger partial charge in [0.25, 0.3) is 0 Å². The van der Waals surface area contributed by atoms with Crippen LogP contribution < -0.4 is 0 Å². The minimum atomic E-state index is 0.781. The van der Waals surface area contributed by atoms with Crippen molar-refractivity contribution in [3.8, 4) is 0 Å². The first kappa shape index (κ1) is 10.8. The molecule has 1 saturated heterocycles. The summed E-state index contributed by atoms with van der Waals surface area (Å²) in [7, 11) is 0. The summed E-state index contributed by atoms with van der Waals surface area (Å²) < 4.78 is 0. The maximum absolute atomic E-state index is 3.96.